The monoisotopic (exact) mass is 532 g/mol. The number of ketones is 1. The summed E-state index contributed by atoms with van der Waals surface area (Å²) in [5.41, 5.74) is 0.495. The van der Waals surface area contributed by atoms with Crippen LogP contribution in [0, 0.1) is 7.14 Å². The maximum atomic E-state index is 12.8. The molecule has 0 radical (unpaired) electrons. The Bertz CT molecular complexity index is 904. The number of esters is 1. The van der Waals surface area contributed by atoms with Crippen LogP contribution < -0.4 is 4.74 Å². The first kappa shape index (κ1) is 16.4. The summed E-state index contributed by atoms with van der Waals surface area (Å²) in [6.07, 6.45) is 1.58. The minimum Gasteiger partial charge on any atom is -0.460 e. The summed E-state index contributed by atoms with van der Waals surface area (Å²) in [4.78, 5) is 23.9. The van der Waals surface area contributed by atoms with E-state index in [1.165, 1.54) is 6.92 Å². The first-order valence-electron chi connectivity index (χ1n) is 6.66. The molecule has 0 amide bonds. The topological polar surface area (TPSA) is 56.5 Å². The number of hydrogen-bond donors (Lipinski definition) is 0. The molecule has 0 fully saturated rings. The second-order valence-corrected chi connectivity index (χ2v) is 7.17. The maximum Gasteiger partial charge on any atom is 0.308 e. The quantitative estimate of drug-likeness (QED) is 0.211. The Hall–Kier alpha value is -1.42. The standard InChI is InChI=1S/C17H10I2O4/c1-9(20)23-17-13(18)6-11(7-14(17)19)15(21)16-12-5-3-2-4-10(12)8-22-16/h2-8H,1H3. The number of rotatable bonds is 3. The van der Waals surface area contributed by atoms with Crippen LogP contribution in [0.4, 0.5) is 0 Å². The van der Waals surface area contributed by atoms with E-state index in [1.807, 2.05) is 69.4 Å². The van der Waals surface area contributed by atoms with Crippen molar-refractivity contribution >= 4 is 67.7 Å². The van der Waals surface area contributed by atoms with Gasteiger partial charge in [-0.3, -0.25) is 9.59 Å². The molecule has 3 aromatic rings. The van der Waals surface area contributed by atoms with E-state index in [2.05, 4.69) is 0 Å². The first-order chi connectivity index (χ1) is 11.0. The zero-order chi connectivity index (χ0) is 16.6. The third kappa shape index (κ3) is 3.27. The van der Waals surface area contributed by atoms with Crippen molar-refractivity contribution in [3.63, 3.8) is 0 Å². The Labute approximate surface area is 159 Å². The number of carbonyl (C=O) groups excluding carboxylic acids is 2. The van der Waals surface area contributed by atoms with E-state index in [-0.39, 0.29) is 5.78 Å². The smallest absolute Gasteiger partial charge is 0.308 e. The third-order valence-corrected chi connectivity index (χ3v) is 4.82. The Balaban J connectivity index is 2.05. The van der Waals surface area contributed by atoms with Crippen LogP contribution in [0.3, 0.4) is 0 Å². The molecule has 0 aliphatic heterocycles. The zero-order valence-corrected chi connectivity index (χ0v) is 16.2. The van der Waals surface area contributed by atoms with Gasteiger partial charge in [0.2, 0.25) is 5.78 Å². The SMILES string of the molecule is CC(=O)Oc1c(I)cc(C(=O)c2occ3ccccc23)cc1I. The van der Waals surface area contributed by atoms with Crippen LogP contribution >= 0.6 is 45.2 Å². The van der Waals surface area contributed by atoms with Crippen LogP contribution in [0.2, 0.25) is 0 Å². The van der Waals surface area contributed by atoms with Gasteiger partial charge in [0.25, 0.3) is 0 Å². The van der Waals surface area contributed by atoms with Gasteiger partial charge < -0.3 is 9.15 Å². The fourth-order valence-corrected chi connectivity index (χ4v) is 4.22. The number of carbonyl (C=O) groups is 2. The van der Waals surface area contributed by atoms with Crippen LogP contribution in [-0.4, -0.2) is 11.8 Å². The summed E-state index contributed by atoms with van der Waals surface area (Å²) in [7, 11) is 0. The fourth-order valence-electron chi connectivity index (χ4n) is 2.23. The Morgan fingerprint density at radius 3 is 2.39 bits per heavy atom. The largest absolute Gasteiger partial charge is 0.460 e. The van der Waals surface area contributed by atoms with Crippen molar-refractivity contribution in [2.24, 2.45) is 0 Å². The highest BCUT2D eigenvalue weighted by Crippen LogP contribution is 2.31. The predicted molar refractivity (Wildman–Crippen MR) is 103 cm³/mol. The highest BCUT2D eigenvalue weighted by atomic mass is 127. The molecule has 0 saturated carbocycles. The van der Waals surface area contributed by atoms with Crippen molar-refractivity contribution in [2.75, 3.05) is 0 Å². The van der Waals surface area contributed by atoms with Crippen LogP contribution in [0.5, 0.6) is 5.75 Å². The molecule has 0 N–H and O–H groups in total. The van der Waals surface area contributed by atoms with E-state index in [0.29, 0.717) is 24.2 Å². The molecule has 1 aromatic heterocycles. The van der Waals surface area contributed by atoms with E-state index in [1.54, 1.807) is 18.4 Å². The molecular formula is C17H10I2O4. The molecule has 0 aliphatic rings. The first-order valence-corrected chi connectivity index (χ1v) is 8.81. The Morgan fingerprint density at radius 2 is 1.74 bits per heavy atom. The lowest BCUT2D eigenvalue weighted by Crippen LogP contribution is -2.07. The lowest BCUT2D eigenvalue weighted by Gasteiger charge is -2.09. The van der Waals surface area contributed by atoms with Gasteiger partial charge in [-0.15, -0.1) is 0 Å². The fraction of sp³-hybridized carbons (Fsp3) is 0.0588. The molecule has 3 rings (SSSR count). The number of fused-ring (bicyclic) bond motifs is 1. The van der Waals surface area contributed by atoms with Crippen LogP contribution in [0.15, 0.2) is 47.1 Å². The normalized spacial score (nSPS) is 10.7. The summed E-state index contributed by atoms with van der Waals surface area (Å²) in [6.45, 7) is 1.35. The molecule has 1 heterocycles. The minimum atomic E-state index is -0.392. The van der Waals surface area contributed by atoms with Crippen molar-refractivity contribution in [3.8, 4) is 5.75 Å². The maximum absolute atomic E-state index is 12.8. The van der Waals surface area contributed by atoms with Gasteiger partial charge in [0, 0.05) is 23.3 Å². The molecule has 4 nitrogen and oxygen atoms in total. The van der Waals surface area contributed by atoms with Gasteiger partial charge in [-0.1, -0.05) is 24.3 Å². The van der Waals surface area contributed by atoms with Crippen LogP contribution in [0.25, 0.3) is 10.8 Å². The van der Waals surface area contributed by atoms with Gasteiger partial charge in [-0.2, -0.15) is 0 Å². The molecule has 6 heteroatoms. The van der Waals surface area contributed by atoms with Gasteiger partial charge in [-0.05, 0) is 57.3 Å². The lowest BCUT2D eigenvalue weighted by molar-refractivity contribution is -0.132. The highest BCUT2D eigenvalue weighted by molar-refractivity contribution is 14.1. The summed E-state index contributed by atoms with van der Waals surface area (Å²) in [6, 6.07) is 10.9. The molecule has 0 bridgehead atoms. The highest BCUT2D eigenvalue weighted by Gasteiger charge is 2.20. The summed E-state index contributed by atoms with van der Waals surface area (Å²) >= 11 is 4.10. The molecule has 0 saturated heterocycles. The van der Waals surface area contributed by atoms with E-state index >= 15 is 0 Å². The molecule has 0 unspecified atom stereocenters. The molecule has 2 aromatic carbocycles. The lowest BCUT2D eigenvalue weighted by atomic mass is 10.1. The van der Waals surface area contributed by atoms with E-state index < -0.39 is 5.97 Å². The van der Waals surface area contributed by atoms with Crippen molar-refractivity contribution in [1.29, 1.82) is 0 Å². The average molecular weight is 532 g/mol. The van der Waals surface area contributed by atoms with Gasteiger partial charge in [0.05, 0.1) is 13.4 Å². The van der Waals surface area contributed by atoms with Crippen molar-refractivity contribution < 1.29 is 18.7 Å². The van der Waals surface area contributed by atoms with Gasteiger partial charge in [0.1, 0.15) is 0 Å². The molecule has 23 heavy (non-hydrogen) atoms. The average Bonchev–Trinajstić information content (AvgIpc) is 2.93. The Morgan fingerprint density at radius 1 is 1.09 bits per heavy atom. The third-order valence-electron chi connectivity index (χ3n) is 3.22. The molecular weight excluding hydrogens is 522 g/mol. The number of hydrogen-bond acceptors (Lipinski definition) is 4. The van der Waals surface area contributed by atoms with Gasteiger partial charge in [-0.25, -0.2) is 0 Å². The van der Waals surface area contributed by atoms with Gasteiger partial charge in [0.15, 0.2) is 11.5 Å². The summed E-state index contributed by atoms with van der Waals surface area (Å²) in [5.74, 6) is 0.195. The number of ether oxygens (including phenoxy) is 1. The molecule has 0 aliphatic carbocycles. The predicted octanol–water partition coefficient (Wildman–Crippen LogP) is 4.80. The van der Waals surface area contributed by atoms with Crippen LogP contribution in [-0.2, 0) is 4.79 Å². The molecule has 0 atom stereocenters. The molecule has 116 valence electrons. The van der Waals surface area contributed by atoms with Crippen molar-refractivity contribution in [2.45, 2.75) is 6.92 Å². The zero-order valence-electron chi connectivity index (χ0n) is 11.9. The van der Waals surface area contributed by atoms with E-state index in [0.717, 1.165) is 10.8 Å². The summed E-state index contributed by atoms with van der Waals surface area (Å²) in [5, 5.41) is 1.67. The molecule has 0 spiro atoms. The van der Waals surface area contributed by atoms with Crippen molar-refractivity contribution in [1.82, 2.24) is 0 Å². The minimum absolute atomic E-state index is 0.198. The van der Waals surface area contributed by atoms with Crippen molar-refractivity contribution in [3.05, 3.63) is 61.1 Å². The second-order valence-electron chi connectivity index (χ2n) is 4.84. The van der Waals surface area contributed by atoms with Gasteiger partial charge >= 0.3 is 5.97 Å². The number of halogens is 2. The van der Waals surface area contributed by atoms with E-state index in [9.17, 15) is 9.59 Å². The number of benzene rings is 2. The summed E-state index contributed by atoms with van der Waals surface area (Å²) < 4.78 is 12.0. The Kier molecular flexibility index (Phi) is 4.72. The van der Waals surface area contributed by atoms with E-state index in [4.69, 9.17) is 9.15 Å². The second kappa shape index (κ2) is 6.60. The number of furan rings is 1. The van der Waals surface area contributed by atoms with Crippen LogP contribution in [0.1, 0.15) is 23.0 Å².